The Morgan fingerprint density at radius 3 is 2.56 bits per heavy atom. The molecule has 1 unspecified atom stereocenters. The van der Waals surface area contributed by atoms with Crippen LogP contribution in [0.4, 0.5) is 14.6 Å². The summed E-state index contributed by atoms with van der Waals surface area (Å²) in [5, 5.41) is 16.7. The zero-order valence-corrected chi connectivity index (χ0v) is 24.8. The fourth-order valence-corrected chi connectivity index (χ4v) is 6.33. The molecule has 43 heavy (non-hydrogen) atoms. The van der Waals surface area contributed by atoms with Crippen molar-refractivity contribution in [2.75, 3.05) is 25.0 Å². The highest BCUT2D eigenvalue weighted by Gasteiger charge is 2.47. The molecule has 5 heterocycles. The van der Waals surface area contributed by atoms with Crippen LogP contribution in [0.5, 0.6) is 0 Å². The fraction of sp³-hybridized carbons (Fsp3) is 0.531. The van der Waals surface area contributed by atoms with Crippen molar-refractivity contribution in [2.24, 2.45) is 5.92 Å². The van der Waals surface area contributed by atoms with E-state index in [0.29, 0.717) is 60.4 Å². The number of benzene rings is 1. The van der Waals surface area contributed by atoms with E-state index in [2.05, 4.69) is 38.5 Å². The maximum absolute atomic E-state index is 15.4. The Morgan fingerprint density at radius 1 is 1.07 bits per heavy atom. The van der Waals surface area contributed by atoms with Crippen molar-refractivity contribution in [2.45, 2.75) is 82.8 Å². The van der Waals surface area contributed by atoms with Gasteiger partial charge < -0.3 is 10.6 Å². The van der Waals surface area contributed by atoms with Crippen LogP contribution in [0.25, 0.3) is 11.0 Å². The van der Waals surface area contributed by atoms with Gasteiger partial charge in [-0.15, -0.1) is 0 Å². The van der Waals surface area contributed by atoms with Gasteiger partial charge in [-0.2, -0.15) is 5.26 Å². The average molecular weight is 590 g/mol. The van der Waals surface area contributed by atoms with Crippen LogP contribution in [0.1, 0.15) is 74.5 Å². The first-order valence-corrected chi connectivity index (χ1v) is 15.1. The van der Waals surface area contributed by atoms with Crippen molar-refractivity contribution in [3.63, 3.8) is 0 Å². The zero-order valence-electron chi connectivity index (χ0n) is 24.8. The van der Waals surface area contributed by atoms with Crippen LogP contribution in [-0.2, 0) is 22.7 Å². The van der Waals surface area contributed by atoms with Gasteiger partial charge in [0.2, 0.25) is 5.91 Å². The van der Waals surface area contributed by atoms with E-state index >= 15 is 8.78 Å². The summed E-state index contributed by atoms with van der Waals surface area (Å²) in [6.45, 7) is 7.34. The lowest BCUT2D eigenvalue weighted by atomic mass is 9.89. The lowest BCUT2D eigenvalue weighted by molar-refractivity contribution is -0.121. The minimum Gasteiger partial charge on any atom is -0.363 e. The molecule has 8 bridgehead atoms. The highest BCUT2D eigenvalue weighted by Crippen LogP contribution is 2.47. The molecule has 0 radical (unpaired) electrons. The van der Waals surface area contributed by atoms with E-state index in [1.54, 1.807) is 31.2 Å². The number of pyridine rings is 1. The van der Waals surface area contributed by atoms with Crippen LogP contribution in [0.2, 0.25) is 0 Å². The molecule has 1 amide bonds. The lowest BCUT2D eigenvalue weighted by Crippen LogP contribution is -2.52. The number of nitrogens with one attached hydrogen (secondary N) is 2. The Morgan fingerprint density at radius 2 is 1.84 bits per heavy atom. The second-order valence-electron chi connectivity index (χ2n) is 12.5. The summed E-state index contributed by atoms with van der Waals surface area (Å²) >= 11 is 0. The Bertz CT molecular complexity index is 1670. The van der Waals surface area contributed by atoms with Crippen molar-refractivity contribution in [1.82, 2.24) is 24.8 Å². The van der Waals surface area contributed by atoms with Crippen molar-refractivity contribution < 1.29 is 13.6 Å². The Kier molecular flexibility index (Phi) is 7.45. The molecule has 2 N–H and O–H groups in total. The third-order valence-electron chi connectivity index (χ3n) is 9.36. The summed E-state index contributed by atoms with van der Waals surface area (Å²) in [6, 6.07) is 10.2. The topological polar surface area (TPSA) is 116 Å². The molecule has 1 saturated carbocycles. The number of anilines is 1. The molecule has 1 saturated heterocycles. The van der Waals surface area contributed by atoms with Crippen LogP contribution in [0, 0.1) is 24.2 Å². The van der Waals surface area contributed by atoms with Gasteiger partial charge in [0.15, 0.2) is 0 Å². The van der Waals surface area contributed by atoms with Crippen molar-refractivity contribution in [3.8, 4) is 6.07 Å². The number of amides is 1. The predicted molar refractivity (Wildman–Crippen MR) is 159 cm³/mol. The molecule has 0 spiro atoms. The van der Waals surface area contributed by atoms with E-state index in [1.165, 1.54) is 10.6 Å². The van der Waals surface area contributed by atoms with Crippen LogP contribution < -0.4 is 16.2 Å². The number of fused-ring (bicyclic) bond motifs is 8. The van der Waals surface area contributed by atoms with Crippen LogP contribution >= 0.6 is 0 Å². The van der Waals surface area contributed by atoms with Crippen molar-refractivity contribution >= 4 is 22.8 Å². The van der Waals surface area contributed by atoms with Gasteiger partial charge in [0.1, 0.15) is 23.8 Å². The number of rotatable bonds is 1. The number of halogens is 2. The molecule has 1 aromatic carbocycles. The number of aryl methyl sites for hydroxylation is 1. The monoisotopic (exact) mass is 589 g/mol. The molecule has 3 aromatic rings. The maximum Gasteiger partial charge on any atom is 0.273 e. The van der Waals surface area contributed by atoms with Gasteiger partial charge in [0.05, 0.1) is 16.9 Å². The summed E-state index contributed by atoms with van der Waals surface area (Å²) < 4.78 is 32.1. The van der Waals surface area contributed by atoms with E-state index in [4.69, 9.17) is 0 Å². The van der Waals surface area contributed by atoms with E-state index in [-0.39, 0.29) is 42.0 Å². The predicted octanol–water partition coefficient (Wildman–Crippen LogP) is 4.54. The third-order valence-corrected chi connectivity index (χ3v) is 9.36. The van der Waals surface area contributed by atoms with E-state index in [9.17, 15) is 14.9 Å². The Hall–Kier alpha value is -3.91. The van der Waals surface area contributed by atoms with E-state index < -0.39 is 22.9 Å². The third kappa shape index (κ3) is 5.60. The molecule has 2 fully saturated rings. The number of aromatic nitrogens is 3. The molecule has 9 nitrogen and oxygen atoms in total. The van der Waals surface area contributed by atoms with Crippen LogP contribution in [0.3, 0.4) is 0 Å². The van der Waals surface area contributed by atoms with Crippen LogP contribution in [0.15, 0.2) is 35.1 Å². The SMILES string of the molecule is Cc1nc2c3cc(C4(C#N)CC4)c(=O)n(c3n1)CC(=O)NCCC(C)N1CC(CCC(F)(F)c3cccc(c3)[C@@H](C)N2)C1. The van der Waals surface area contributed by atoms with Gasteiger partial charge in [-0.25, -0.2) is 18.7 Å². The van der Waals surface area contributed by atoms with Gasteiger partial charge in [0, 0.05) is 49.3 Å². The largest absolute Gasteiger partial charge is 0.363 e. The molecule has 1 aliphatic carbocycles. The minimum absolute atomic E-state index is 0.0109. The first kappa shape index (κ1) is 29.2. The molecule has 3 aliphatic heterocycles. The number of alkyl halides is 2. The summed E-state index contributed by atoms with van der Waals surface area (Å²) in [6.07, 6.45) is 2.04. The number of hydrogen-bond acceptors (Lipinski definition) is 7. The fourth-order valence-electron chi connectivity index (χ4n) is 6.33. The lowest BCUT2D eigenvalue weighted by Gasteiger charge is -2.44. The standard InChI is InChI=1S/C32H37F2N7O2/c1-19-8-12-36-27(42)17-41-29-25(14-26(30(41)43)31(18-35)10-11-31)28(38-21(3)39-29)37-20(2)23-5-4-6-24(13-23)32(33,34)9-7-22-15-40(19)16-22/h4-6,13-14,19-20,22H,7-12,15-17H2,1-3H3,(H,36,42)(H,37,38,39)/t19?,20-/m1/s1. The summed E-state index contributed by atoms with van der Waals surface area (Å²) in [5.41, 5.74) is -0.0611. The smallest absolute Gasteiger partial charge is 0.273 e. The quantitative estimate of drug-likeness (QED) is 0.428. The van der Waals surface area contributed by atoms with Crippen molar-refractivity contribution in [3.05, 3.63) is 63.2 Å². The van der Waals surface area contributed by atoms with E-state index in [1.807, 2.05) is 6.92 Å². The zero-order chi connectivity index (χ0) is 30.5. The van der Waals surface area contributed by atoms with Gasteiger partial charge in [-0.1, -0.05) is 18.2 Å². The molecule has 7 rings (SSSR count). The highest BCUT2D eigenvalue weighted by atomic mass is 19.3. The van der Waals surface area contributed by atoms with E-state index in [0.717, 1.165) is 13.1 Å². The number of hydrogen-bond donors (Lipinski definition) is 2. The molecule has 2 aromatic heterocycles. The maximum atomic E-state index is 15.4. The van der Waals surface area contributed by atoms with Gasteiger partial charge in [-0.3, -0.25) is 19.1 Å². The summed E-state index contributed by atoms with van der Waals surface area (Å²) in [4.78, 5) is 38.4. The second-order valence-corrected chi connectivity index (χ2v) is 12.5. The summed E-state index contributed by atoms with van der Waals surface area (Å²) in [7, 11) is 0. The van der Waals surface area contributed by atoms with Gasteiger partial charge in [0.25, 0.3) is 11.5 Å². The molecule has 4 aliphatic rings. The second kappa shape index (κ2) is 11.0. The Balaban J connectivity index is 1.44. The molecule has 2 atom stereocenters. The van der Waals surface area contributed by atoms with Crippen molar-refractivity contribution in [1.29, 1.82) is 5.26 Å². The highest BCUT2D eigenvalue weighted by molar-refractivity contribution is 5.89. The summed E-state index contributed by atoms with van der Waals surface area (Å²) in [5.74, 6) is -2.27. The number of nitriles is 1. The number of carbonyl (C=O) groups excluding carboxylic acids is 1. The Labute approximate surface area is 249 Å². The molecular formula is C32H37F2N7O2. The average Bonchev–Trinajstić information content (AvgIpc) is 3.74. The first-order chi connectivity index (χ1) is 20.5. The van der Waals surface area contributed by atoms with Crippen LogP contribution in [-0.4, -0.2) is 51.0 Å². The normalized spacial score (nSPS) is 26.7. The first-order valence-electron chi connectivity index (χ1n) is 15.1. The molecule has 226 valence electrons. The number of carbonyl (C=O) groups is 1. The van der Waals surface area contributed by atoms with Gasteiger partial charge >= 0.3 is 0 Å². The molecule has 11 heteroatoms. The minimum atomic E-state index is -2.95. The number of nitrogens with zero attached hydrogens (tertiary/aromatic N) is 5. The molecular weight excluding hydrogens is 552 g/mol. The van der Waals surface area contributed by atoms with Gasteiger partial charge in [-0.05, 0) is 70.1 Å².